The number of aryl methyl sites for hydroxylation is 1. The number of anilines is 1. The van der Waals surface area contributed by atoms with Crippen molar-refractivity contribution in [3.8, 4) is 0 Å². The number of amides is 1. The molecular formula is C22H18ClNO3S. The summed E-state index contributed by atoms with van der Waals surface area (Å²) >= 11 is 6.45. The van der Waals surface area contributed by atoms with E-state index in [4.69, 9.17) is 11.6 Å². The second kappa shape index (κ2) is 6.76. The van der Waals surface area contributed by atoms with Gasteiger partial charge in [0.1, 0.15) is 0 Å². The van der Waals surface area contributed by atoms with Crippen LogP contribution in [0, 0.1) is 6.92 Å². The third-order valence-electron chi connectivity index (χ3n) is 5.12. The fourth-order valence-electron chi connectivity index (χ4n) is 3.70. The van der Waals surface area contributed by atoms with Gasteiger partial charge in [-0.15, -0.1) is 0 Å². The molecule has 0 fully saturated rings. The molecule has 3 aromatic carbocycles. The Labute approximate surface area is 169 Å². The van der Waals surface area contributed by atoms with E-state index in [0.29, 0.717) is 11.3 Å². The van der Waals surface area contributed by atoms with E-state index in [2.05, 4.69) is 5.32 Å². The summed E-state index contributed by atoms with van der Waals surface area (Å²) < 4.78 is 25.9. The van der Waals surface area contributed by atoms with Gasteiger partial charge in [0.2, 0.25) is 0 Å². The summed E-state index contributed by atoms with van der Waals surface area (Å²) in [5.74, 6) is -0.583. The third kappa shape index (κ3) is 2.74. The summed E-state index contributed by atoms with van der Waals surface area (Å²) in [6.45, 7) is 1.88. The van der Waals surface area contributed by atoms with Gasteiger partial charge in [-0.1, -0.05) is 65.7 Å². The summed E-state index contributed by atoms with van der Waals surface area (Å²) in [5.41, 5.74) is 2.42. The smallest absolute Gasteiger partial charge is 0.251 e. The SMILES string of the molecule is Cc1ccc(S(=O)(=O)C2(Cc3ccccc3)C(=O)Nc3cccc(Cl)c32)cc1. The van der Waals surface area contributed by atoms with E-state index in [-0.39, 0.29) is 16.3 Å². The van der Waals surface area contributed by atoms with Gasteiger partial charge in [0, 0.05) is 22.7 Å². The maximum absolute atomic E-state index is 13.9. The monoisotopic (exact) mass is 411 g/mol. The van der Waals surface area contributed by atoms with E-state index in [9.17, 15) is 13.2 Å². The van der Waals surface area contributed by atoms with Gasteiger partial charge in [0.25, 0.3) is 5.91 Å². The predicted molar refractivity (Wildman–Crippen MR) is 110 cm³/mol. The first-order valence-corrected chi connectivity index (χ1v) is 10.7. The zero-order chi connectivity index (χ0) is 19.9. The zero-order valence-electron chi connectivity index (χ0n) is 15.1. The molecule has 0 bridgehead atoms. The minimum absolute atomic E-state index is 0.00732. The number of hydrogen-bond donors (Lipinski definition) is 1. The topological polar surface area (TPSA) is 63.2 Å². The minimum Gasteiger partial charge on any atom is -0.324 e. The number of halogens is 1. The van der Waals surface area contributed by atoms with Gasteiger partial charge >= 0.3 is 0 Å². The molecule has 1 aliphatic heterocycles. The molecule has 0 aliphatic carbocycles. The molecule has 0 aromatic heterocycles. The lowest BCUT2D eigenvalue weighted by Gasteiger charge is -2.28. The van der Waals surface area contributed by atoms with E-state index in [1.165, 1.54) is 0 Å². The van der Waals surface area contributed by atoms with Gasteiger partial charge in [-0.3, -0.25) is 4.79 Å². The quantitative estimate of drug-likeness (QED) is 0.686. The summed E-state index contributed by atoms with van der Waals surface area (Å²) in [6.07, 6.45) is -0.00732. The van der Waals surface area contributed by atoms with Gasteiger partial charge in [-0.05, 0) is 36.8 Å². The van der Waals surface area contributed by atoms with Crippen LogP contribution in [0.5, 0.6) is 0 Å². The largest absolute Gasteiger partial charge is 0.324 e. The molecule has 1 N–H and O–H groups in total. The summed E-state index contributed by atoms with van der Waals surface area (Å²) in [4.78, 5) is 13.3. The molecule has 1 unspecified atom stereocenters. The lowest BCUT2D eigenvalue weighted by atomic mass is 9.92. The number of carbonyl (C=O) groups excluding carboxylic acids is 1. The molecule has 6 heteroatoms. The molecule has 1 aliphatic rings. The van der Waals surface area contributed by atoms with Crippen molar-refractivity contribution in [2.75, 3.05) is 5.32 Å². The average Bonchev–Trinajstić information content (AvgIpc) is 2.97. The van der Waals surface area contributed by atoms with Gasteiger partial charge in [0.05, 0.1) is 4.90 Å². The van der Waals surface area contributed by atoms with E-state index >= 15 is 0 Å². The van der Waals surface area contributed by atoms with Gasteiger partial charge in [0.15, 0.2) is 14.6 Å². The molecule has 4 nitrogen and oxygen atoms in total. The summed E-state index contributed by atoms with van der Waals surface area (Å²) in [5, 5.41) is 2.99. The standard InChI is InChI=1S/C22H18ClNO3S/c1-15-10-12-17(13-11-15)28(26,27)22(14-16-6-3-2-4-7-16)20-18(23)8-5-9-19(20)24-21(22)25/h2-13H,14H2,1H3,(H,24,25). The Bertz CT molecular complexity index is 1160. The molecule has 142 valence electrons. The van der Waals surface area contributed by atoms with Crippen LogP contribution in [0.25, 0.3) is 0 Å². The van der Waals surface area contributed by atoms with Crippen molar-refractivity contribution in [2.24, 2.45) is 0 Å². The van der Waals surface area contributed by atoms with Crippen molar-refractivity contribution in [1.29, 1.82) is 0 Å². The van der Waals surface area contributed by atoms with Crippen LogP contribution in [0.3, 0.4) is 0 Å². The zero-order valence-corrected chi connectivity index (χ0v) is 16.7. The molecule has 0 spiro atoms. The summed E-state index contributed by atoms with van der Waals surface area (Å²) in [6, 6.07) is 20.6. The molecule has 0 radical (unpaired) electrons. The van der Waals surface area contributed by atoms with E-state index in [1.807, 2.05) is 37.3 Å². The van der Waals surface area contributed by atoms with Crippen LogP contribution < -0.4 is 5.32 Å². The Morgan fingerprint density at radius 3 is 2.29 bits per heavy atom. The molecule has 3 aromatic rings. The fourth-order valence-corrected chi connectivity index (χ4v) is 6.13. The number of hydrogen-bond acceptors (Lipinski definition) is 3. The first-order chi connectivity index (χ1) is 13.4. The van der Waals surface area contributed by atoms with Crippen molar-refractivity contribution in [3.63, 3.8) is 0 Å². The summed E-state index contributed by atoms with van der Waals surface area (Å²) in [7, 11) is -4.10. The normalized spacial score (nSPS) is 18.6. The number of nitrogens with one attached hydrogen (secondary N) is 1. The van der Waals surface area contributed by atoms with Crippen molar-refractivity contribution in [3.05, 3.63) is 94.5 Å². The van der Waals surface area contributed by atoms with Crippen molar-refractivity contribution < 1.29 is 13.2 Å². The Balaban J connectivity index is 2.02. The number of fused-ring (bicyclic) bond motifs is 1. The molecule has 4 rings (SSSR count). The Morgan fingerprint density at radius 1 is 0.929 bits per heavy atom. The molecule has 0 saturated carbocycles. The lowest BCUT2D eigenvalue weighted by molar-refractivity contribution is -0.118. The van der Waals surface area contributed by atoms with Crippen LogP contribution >= 0.6 is 11.6 Å². The second-order valence-corrected chi connectivity index (χ2v) is 9.50. The molecule has 0 saturated heterocycles. The van der Waals surface area contributed by atoms with E-state index in [0.717, 1.165) is 11.1 Å². The minimum atomic E-state index is -4.10. The van der Waals surface area contributed by atoms with Crippen molar-refractivity contribution >= 4 is 33.0 Å². The lowest BCUT2D eigenvalue weighted by Crippen LogP contribution is -2.44. The van der Waals surface area contributed by atoms with Gasteiger partial charge < -0.3 is 5.32 Å². The maximum Gasteiger partial charge on any atom is 0.251 e. The molecule has 28 heavy (non-hydrogen) atoms. The molecule has 1 amide bonds. The van der Waals surface area contributed by atoms with Crippen LogP contribution in [0.2, 0.25) is 5.02 Å². The first-order valence-electron chi connectivity index (χ1n) is 8.82. The molecular weight excluding hydrogens is 394 g/mol. The van der Waals surface area contributed by atoms with Crippen molar-refractivity contribution in [1.82, 2.24) is 0 Å². The van der Waals surface area contributed by atoms with Crippen molar-refractivity contribution in [2.45, 2.75) is 23.0 Å². The highest BCUT2D eigenvalue weighted by atomic mass is 35.5. The third-order valence-corrected chi connectivity index (χ3v) is 7.78. The predicted octanol–water partition coefficient (Wildman–Crippen LogP) is 4.51. The van der Waals surface area contributed by atoms with Crippen LogP contribution in [-0.4, -0.2) is 14.3 Å². The van der Waals surface area contributed by atoms with Crippen LogP contribution in [-0.2, 0) is 25.8 Å². The number of rotatable bonds is 4. The van der Waals surface area contributed by atoms with Crippen LogP contribution in [0.15, 0.2) is 77.7 Å². The highest BCUT2D eigenvalue weighted by Crippen LogP contribution is 2.49. The van der Waals surface area contributed by atoms with E-state index in [1.54, 1.807) is 42.5 Å². The van der Waals surface area contributed by atoms with Crippen LogP contribution in [0.1, 0.15) is 16.7 Å². The Morgan fingerprint density at radius 2 is 1.61 bits per heavy atom. The van der Waals surface area contributed by atoms with E-state index < -0.39 is 20.5 Å². The Kier molecular flexibility index (Phi) is 4.52. The highest BCUT2D eigenvalue weighted by molar-refractivity contribution is 7.93. The van der Waals surface area contributed by atoms with Gasteiger partial charge in [-0.2, -0.15) is 0 Å². The fraction of sp³-hybridized carbons (Fsp3) is 0.136. The molecule has 1 heterocycles. The first kappa shape index (κ1) is 18.7. The number of benzene rings is 3. The second-order valence-electron chi connectivity index (χ2n) is 6.92. The average molecular weight is 412 g/mol. The maximum atomic E-state index is 13.9. The number of carbonyl (C=O) groups is 1. The highest BCUT2D eigenvalue weighted by Gasteiger charge is 2.58. The Hall–Kier alpha value is -2.63. The molecule has 1 atom stereocenters. The van der Waals surface area contributed by atoms with Gasteiger partial charge in [-0.25, -0.2) is 8.42 Å². The van der Waals surface area contributed by atoms with Crippen LogP contribution in [0.4, 0.5) is 5.69 Å². The number of sulfone groups is 1.